The maximum atomic E-state index is 13.1. The van der Waals surface area contributed by atoms with Crippen LogP contribution in [0.25, 0.3) is 0 Å². The summed E-state index contributed by atoms with van der Waals surface area (Å²) in [7, 11) is 0. The quantitative estimate of drug-likeness (QED) is 0.720. The first-order chi connectivity index (χ1) is 13.4. The second-order valence-corrected chi connectivity index (χ2v) is 7.94. The van der Waals surface area contributed by atoms with Crippen molar-refractivity contribution in [2.45, 2.75) is 35.5 Å². The molecule has 0 aromatic heterocycles. The standard InChI is InChI=1S/C20H19F3N2O2S/c21-20(22,23)28-15-9-7-13(8-10-15)18-24-17-6-2-1-5-16(17)19(26)25(18)12-14-4-3-11-27-14/h1-2,5-10,14,18,24H,3-4,11-12H2. The van der Waals surface area contributed by atoms with Gasteiger partial charge in [0.25, 0.3) is 5.91 Å². The minimum absolute atomic E-state index is 0.0291. The van der Waals surface area contributed by atoms with Crippen molar-refractivity contribution in [1.82, 2.24) is 4.90 Å². The van der Waals surface area contributed by atoms with E-state index < -0.39 is 11.7 Å². The average Bonchev–Trinajstić information content (AvgIpc) is 3.17. The zero-order valence-electron chi connectivity index (χ0n) is 14.9. The van der Waals surface area contributed by atoms with Crippen molar-refractivity contribution in [2.24, 2.45) is 0 Å². The van der Waals surface area contributed by atoms with E-state index >= 15 is 0 Å². The van der Waals surface area contributed by atoms with Crippen LogP contribution in [0.1, 0.15) is 34.9 Å². The van der Waals surface area contributed by atoms with E-state index in [0.717, 1.165) is 24.1 Å². The summed E-state index contributed by atoms with van der Waals surface area (Å²) < 4.78 is 43.5. The molecule has 0 aliphatic carbocycles. The number of benzene rings is 2. The monoisotopic (exact) mass is 408 g/mol. The summed E-state index contributed by atoms with van der Waals surface area (Å²) in [6, 6.07) is 13.4. The Morgan fingerprint density at radius 1 is 1.14 bits per heavy atom. The van der Waals surface area contributed by atoms with Gasteiger partial charge in [-0.25, -0.2) is 0 Å². The number of carbonyl (C=O) groups excluding carboxylic acids is 1. The Hall–Kier alpha value is -2.19. The topological polar surface area (TPSA) is 41.6 Å². The largest absolute Gasteiger partial charge is 0.446 e. The second kappa shape index (κ2) is 7.67. The molecule has 1 saturated heterocycles. The number of alkyl halides is 3. The minimum Gasteiger partial charge on any atom is -0.376 e. The summed E-state index contributed by atoms with van der Waals surface area (Å²) in [5.74, 6) is -0.108. The Bertz CT molecular complexity index is 851. The first kappa shape index (κ1) is 19.1. The molecule has 2 aromatic rings. The number of hydrogen-bond acceptors (Lipinski definition) is 4. The van der Waals surface area contributed by atoms with E-state index in [2.05, 4.69) is 5.32 Å². The molecule has 28 heavy (non-hydrogen) atoms. The lowest BCUT2D eigenvalue weighted by Gasteiger charge is -2.39. The van der Waals surface area contributed by atoms with Gasteiger partial charge in [0.1, 0.15) is 6.17 Å². The molecule has 0 radical (unpaired) electrons. The van der Waals surface area contributed by atoms with Gasteiger partial charge in [-0.3, -0.25) is 4.79 Å². The number of ether oxygens (including phenoxy) is 1. The molecule has 2 aliphatic rings. The zero-order chi connectivity index (χ0) is 19.7. The Morgan fingerprint density at radius 3 is 2.57 bits per heavy atom. The zero-order valence-corrected chi connectivity index (χ0v) is 15.7. The highest BCUT2D eigenvalue weighted by atomic mass is 32.2. The van der Waals surface area contributed by atoms with E-state index in [0.29, 0.717) is 18.7 Å². The number of nitrogens with one attached hydrogen (secondary N) is 1. The van der Waals surface area contributed by atoms with Crippen molar-refractivity contribution in [2.75, 3.05) is 18.5 Å². The Morgan fingerprint density at radius 2 is 1.89 bits per heavy atom. The summed E-state index contributed by atoms with van der Waals surface area (Å²) in [4.78, 5) is 14.9. The third-order valence-corrected chi connectivity index (χ3v) is 5.62. The smallest absolute Gasteiger partial charge is 0.376 e. The van der Waals surface area contributed by atoms with E-state index in [1.54, 1.807) is 23.1 Å². The molecular formula is C20H19F3N2O2S. The number of halogens is 3. The molecule has 2 atom stereocenters. The SMILES string of the molecule is O=C1c2ccccc2NC(c2ccc(SC(F)(F)F)cc2)N1CC1CCCO1. The molecule has 8 heteroatoms. The van der Waals surface area contributed by atoms with Gasteiger partial charge < -0.3 is 15.0 Å². The van der Waals surface area contributed by atoms with E-state index in [9.17, 15) is 18.0 Å². The third-order valence-electron chi connectivity index (χ3n) is 4.88. The van der Waals surface area contributed by atoms with Crippen LogP contribution in [0.5, 0.6) is 0 Å². The molecule has 4 rings (SSSR count). The number of amides is 1. The first-order valence-electron chi connectivity index (χ1n) is 9.04. The molecule has 148 valence electrons. The van der Waals surface area contributed by atoms with Gasteiger partial charge in [-0.05, 0) is 54.4 Å². The van der Waals surface area contributed by atoms with Crippen molar-refractivity contribution in [3.8, 4) is 0 Å². The van der Waals surface area contributed by atoms with Crippen LogP contribution in [0.4, 0.5) is 18.9 Å². The first-order valence-corrected chi connectivity index (χ1v) is 9.86. The number of rotatable bonds is 4. The predicted molar refractivity (Wildman–Crippen MR) is 101 cm³/mol. The number of anilines is 1. The molecule has 1 amide bonds. The van der Waals surface area contributed by atoms with E-state index in [4.69, 9.17) is 4.74 Å². The third kappa shape index (κ3) is 4.12. The number of nitrogens with zero attached hydrogens (tertiary/aromatic N) is 1. The fourth-order valence-corrected chi connectivity index (χ4v) is 4.14. The van der Waals surface area contributed by atoms with Crippen LogP contribution in [-0.2, 0) is 4.74 Å². The van der Waals surface area contributed by atoms with E-state index in [1.165, 1.54) is 12.1 Å². The maximum absolute atomic E-state index is 13.1. The highest BCUT2D eigenvalue weighted by Gasteiger charge is 2.35. The molecule has 0 bridgehead atoms. The molecule has 0 saturated carbocycles. The Balaban J connectivity index is 1.63. The highest BCUT2D eigenvalue weighted by molar-refractivity contribution is 8.00. The van der Waals surface area contributed by atoms with E-state index in [1.807, 2.05) is 18.2 Å². The van der Waals surface area contributed by atoms with Crippen LogP contribution in [-0.4, -0.2) is 35.6 Å². The molecule has 2 heterocycles. The molecule has 2 aromatic carbocycles. The number of fused-ring (bicyclic) bond motifs is 1. The van der Waals surface area contributed by atoms with Crippen molar-refractivity contribution in [3.63, 3.8) is 0 Å². The molecule has 4 nitrogen and oxygen atoms in total. The fraction of sp³-hybridized carbons (Fsp3) is 0.350. The predicted octanol–water partition coefficient (Wildman–Crippen LogP) is 5.04. The van der Waals surface area contributed by atoms with Gasteiger partial charge in [0.05, 0.1) is 11.7 Å². The van der Waals surface area contributed by atoms with Crippen LogP contribution in [0.3, 0.4) is 0 Å². The molecule has 1 fully saturated rings. The van der Waals surface area contributed by atoms with Crippen molar-refractivity contribution >= 4 is 23.4 Å². The summed E-state index contributed by atoms with van der Waals surface area (Å²) in [5, 5.41) is 3.36. The lowest BCUT2D eigenvalue weighted by Crippen LogP contribution is -2.46. The van der Waals surface area contributed by atoms with Crippen LogP contribution < -0.4 is 5.32 Å². The normalized spacial score (nSPS) is 22.1. The number of hydrogen-bond donors (Lipinski definition) is 1. The minimum atomic E-state index is -4.33. The number of carbonyl (C=O) groups is 1. The van der Waals surface area contributed by atoms with E-state index in [-0.39, 0.29) is 28.7 Å². The Kier molecular flexibility index (Phi) is 5.25. The molecule has 2 aliphatic heterocycles. The van der Waals surface area contributed by atoms with Gasteiger partial charge >= 0.3 is 5.51 Å². The molecule has 1 N–H and O–H groups in total. The van der Waals surface area contributed by atoms with Gasteiger partial charge in [0.2, 0.25) is 0 Å². The van der Waals surface area contributed by atoms with Gasteiger partial charge in [0.15, 0.2) is 0 Å². The molecule has 0 spiro atoms. The summed E-state index contributed by atoms with van der Waals surface area (Å²) >= 11 is -0.149. The van der Waals surface area contributed by atoms with Gasteiger partial charge in [0, 0.05) is 23.7 Å². The highest BCUT2D eigenvalue weighted by Crippen LogP contribution is 2.38. The molecule has 2 unspecified atom stereocenters. The Labute approximate surface area is 165 Å². The van der Waals surface area contributed by atoms with Gasteiger partial charge in [-0.2, -0.15) is 13.2 Å². The van der Waals surface area contributed by atoms with Gasteiger partial charge in [-0.15, -0.1) is 0 Å². The number of para-hydroxylation sites is 1. The van der Waals surface area contributed by atoms with Crippen LogP contribution >= 0.6 is 11.8 Å². The van der Waals surface area contributed by atoms with Crippen LogP contribution in [0, 0.1) is 0 Å². The van der Waals surface area contributed by atoms with Gasteiger partial charge in [-0.1, -0.05) is 24.3 Å². The average molecular weight is 408 g/mol. The van der Waals surface area contributed by atoms with Crippen molar-refractivity contribution < 1.29 is 22.7 Å². The summed E-state index contributed by atoms with van der Waals surface area (Å²) in [6.07, 6.45) is 1.36. The maximum Gasteiger partial charge on any atom is 0.446 e. The van der Waals surface area contributed by atoms with Crippen molar-refractivity contribution in [1.29, 1.82) is 0 Å². The number of thioether (sulfide) groups is 1. The molecular weight excluding hydrogens is 389 g/mol. The summed E-state index contributed by atoms with van der Waals surface area (Å²) in [5.41, 5.74) is -2.30. The second-order valence-electron chi connectivity index (χ2n) is 6.80. The lowest BCUT2D eigenvalue weighted by atomic mass is 10.0. The van der Waals surface area contributed by atoms with Crippen molar-refractivity contribution in [3.05, 3.63) is 59.7 Å². The summed E-state index contributed by atoms with van der Waals surface area (Å²) in [6.45, 7) is 1.12. The fourth-order valence-electron chi connectivity index (χ4n) is 3.60. The van der Waals surface area contributed by atoms with Crippen LogP contribution in [0.2, 0.25) is 0 Å². The van der Waals surface area contributed by atoms with Crippen LogP contribution in [0.15, 0.2) is 53.4 Å². The lowest BCUT2D eigenvalue weighted by molar-refractivity contribution is -0.0328.